The van der Waals surface area contributed by atoms with Gasteiger partial charge >= 0.3 is 5.69 Å². The van der Waals surface area contributed by atoms with E-state index in [1.165, 1.54) is 22.6 Å². The monoisotopic (exact) mass is 927 g/mol. The number of hydrogen-bond acceptors (Lipinski definition) is 12. The number of rotatable bonds is 8. The van der Waals surface area contributed by atoms with Gasteiger partial charge < -0.3 is 24.9 Å². The quantitative estimate of drug-likeness (QED) is 0.136. The summed E-state index contributed by atoms with van der Waals surface area (Å²) < 4.78 is 40.0. The normalized spacial score (nSPS) is 21.7. The van der Waals surface area contributed by atoms with E-state index in [1.807, 2.05) is 11.8 Å². The van der Waals surface area contributed by atoms with E-state index in [4.69, 9.17) is 4.42 Å². The number of fused-ring (bicyclic) bond motifs is 6. The Hall–Kier alpha value is -7.57. The fourth-order valence-electron chi connectivity index (χ4n) is 10.4. The van der Waals surface area contributed by atoms with Crippen molar-refractivity contribution in [1.82, 2.24) is 34.8 Å². The van der Waals surface area contributed by atoms with Crippen LogP contribution in [0, 0.1) is 18.7 Å². The van der Waals surface area contributed by atoms with Gasteiger partial charge in [-0.15, -0.1) is 0 Å². The molecule has 5 aliphatic rings. The molecule has 2 bridgehead atoms. The molecule has 68 heavy (non-hydrogen) atoms. The summed E-state index contributed by atoms with van der Waals surface area (Å²) in [4.78, 5) is 105. The number of carbonyl (C=O) groups excluding carboxylic acids is 6. The average molecular weight is 928 g/mol. The second-order valence-electron chi connectivity index (χ2n) is 18.1. The van der Waals surface area contributed by atoms with Gasteiger partial charge in [0.15, 0.2) is 17.0 Å². The number of allylic oxidation sites excluding steroid dienone is 1. The summed E-state index contributed by atoms with van der Waals surface area (Å²) >= 11 is 0. The van der Waals surface area contributed by atoms with Crippen LogP contribution >= 0.6 is 0 Å². The van der Waals surface area contributed by atoms with Crippen LogP contribution in [0.15, 0.2) is 64.3 Å². The zero-order chi connectivity index (χ0) is 47.7. The number of hydrogen-bond donors (Lipinski definition) is 3. The third-order valence-corrected chi connectivity index (χ3v) is 13.8. The van der Waals surface area contributed by atoms with E-state index in [2.05, 4.69) is 32.5 Å². The Kier molecular flexibility index (Phi) is 11.2. The van der Waals surface area contributed by atoms with E-state index < -0.39 is 47.0 Å². The third-order valence-electron chi connectivity index (χ3n) is 13.8. The lowest BCUT2D eigenvalue weighted by Gasteiger charge is -2.40. The lowest BCUT2D eigenvalue weighted by Crippen LogP contribution is -2.54. The predicted octanol–water partition coefficient (Wildman–Crippen LogP) is 5.17. The minimum atomic E-state index is -1.08. The fraction of sp³-hybridized carbons (Fsp3) is 0.367. The van der Waals surface area contributed by atoms with E-state index in [9.17, 15) is 33.6 Å². The summed E-state index contributed by atoms with van der Waals surface area (Å²) in [6.07, 6.45) is 5.40. The minimum Gasteiger partial charge on any atom is -0.459 e. The summed E-state index contributed by atoms with van der Waals surface area (Å²) in [5.41, 5.74) is 1.30. The minimum absolute atomic E-state index is 0.0180. The summed E-state index contributed by atoms with van der Waals surface area (Å²) in [5.74, 6) is -4.28. The zero-order valence-electron chi connectivity index (χ0n) is 37.3. The molecule has 0 radical (unpaired) electrons. The summed E-state index contributed by atoms with van der Waals surface area (Å²) in [5, 5.41) is 8.88. The van der Waals surface area contributed by atoms with Crippen LogP contribution in [0.5, 0.6) is 0 Å². The molecule has 10 rings (SSSR count). The van der Waals surface area contributed by atoms with E-state index >= 15 is 8.78 Å². The number of aryl methyl sites for hydroxylation is 2. The van der Waals surface area contributed by atoms with Crippen LogP contribution in [-0.4, -0.2) is 97.4 Å². The third kappa shape index (κ3) is 7.58. The van der Waals surface area contributed by atoms with Crippen LogP contribution in [0.3, 0.4) is 0 Å². The van der Waals surface area contributed by atoms with Crippen molar-refractivity contribution in [3.63, 3.8) is 0 Å². The van der Waals surface area contributed by atoms with E-state index in [-0.39, 0.29) is 118 Å². The van der Waals surface area contributed by atoms with Crippen molar-refractivity contribution in [2.75, 3.05) is 29.9 Å². The Bertz CT molecular complexity index is 3190. The molecule has 2 aromatic carbocycles. The van der Waals surface area contributed by atoms with Crippen molar-refractivity contribution in [3.05, 3.63) is 105 Å². The van der Waals surface area contributed by atoms with Crippen molar-refractivity contribution in [2.24, 2.45) is 5.92 Å². The maximum absolute atomic E-state index is 16.4. The SMILES string of the molecule is C=CC(=O)N1CCN(c2nc(=O)n3c4nc(c(F)cc24)c2c(oc4cc(CNC(=O)[C@H]5CC[C@H](Nc6cccc7c6C(=O)N(C6CCC(=O)NC6=O)C7=O)CC5)cc(C)c43)CCC=C2F)[C@@H](C)C1. The lowest BCUT2D eigenvalue weighted by molar-refractivity contribution is -0.136. The van der Waals surface area contributed by atoms with Gasteiger partial charge in [-0.2, -0.15) is 4.98 Å². The number of halogens is 2. The highest BCUT2D eigenvalue weighted by atomic mass is 19.1. The second kappa shape index (κ2) is 17.3. The van der Waals surface area contributed by atoms with Crippen LogP contribution in [0.25, 0.3) is 33.5 Å². The number of anilines is 2. The molecule has 3 fully saturated rings. The first-order valence-corrected chi connectivity index (χ1v) is 22.8. The van der Waals surface area contributed by atoms with Crippen molar-refractivity contribution in [1.29, 1.82) is 0 Å². The highest BCUT2D eigenvalue weighted by Crippen LogP contribution is 2.38. The van der Waals surface area contributed by atoms with Gasteiger partial charge in [0.2, 0.25) is 23.6 Å². The maximum atomic E-state index is 16.4. The van der Waals surface area contributed by atoms with Gasteiger partial charge in [-0.25, -0.2) is 23.0 Å². The van der Waals surface area contributed by atoms with Crippen LogP contribution in [0.1, 0.15) is 95.0 Å². The molecule has 350 valence electrons. The average Bonchev–Trinajstić information content (AvgIpc) is 3.60. The van der Waals surface area contributed by atoms with Gasteiger partial charge in [0.05, 0.1) is 27.6 Å². The van der Waals surface area contributed by atoms with Gasteiger partial charge in [0.1, 0.15) is 29.0 Å². The highest BCUT2D eigenvalue weighted by Gasteiger charge is 2.46. The number of nitrogens with one attached hydrogen (secondary N) is 3. The number of amides is 6. The predicted molar refractivity (Wildman–Crippen MR) is 245 cm³/mol. The van der Waals surface area contributed by atoms with Gasteiger partial charge in [-0.3, -0.25) is 39.0 Å². The first-order chi connectivity index (χ1) is 32.7. The second-order valence-corrected chi connectivity index (χ2v) is 18.1. The Balaban J connectivity index is 0.901. The Labute approximate surface area is 386 Å². The molecule has 3 aliphatic heterocycles. The molecular formula is C49H47F2N9O8. The molecule has 3 N–H and O–H groups in total. The molecule has 2 aliphatic carbocycles. The molecule has 0 spiro atoms. The molecule has 2 atom stereocenters. The number of pyridine rings is 1. The molecule has 1 saturated carbocycles. The molecule has 19 heteroatoms. The van der Waals surface area contributed by atoms with Crippen LogP contribution in [0.2, 0.25) is 0 Å². The number of benzene rings is 2. The largest absolute Gasteiger partial charge is 0.459 e. The maximum Gasteiger partial charge on any atom is 0.355 e. The molecule has 6 amide bonds. The Morgan fingerprint density at radius 3 is 2.51 bits per heavy atom. The Morgan fingerprint density at radius 1 is 0.971 bits per heavy atom. The summed E-state index contributed by atoms with van der Waals surface area (Å²) in [7, 11) is 0. The molecule has 6 heterocycles. The van der Waals surface area contributed by atoms with Gasteiger partial charge in [-0.1, -0.05) is 18.7 Å². The van der Waals surface area contributed by atoms with Crippen LogP contribution in [-0.2, 0) is 32.1 Å². The van der Waals surface area contributed by atoms with Crippen molar-refractivity contribution in [3.8, 4) is 0 Å². The summed E-state index contributed by atoms with van der Waals surface area (Å²) in [6, 6.07) is 8.10. The smallest absolute Gasteiger partial charge is 0.355 e. The van der Waals surface area contributed by atoms with Gasteiger partial charge in [0.25, 0.3) is 11.8 Å². The molecular weight excluding hydrogens is 881 g/mol. The number of aromatic nitrogens is 3. The number of piperidine rings is 1. The molecule has 1 unspecified atom stereocenters. The van der Waals surface area contributed by atoms with Crippen molar-refractivity contribution < 1.29 is 42.0 Å². The first kappa shape index (κ1) is 44.3. The molecule has 2 saturated heterocycles. The van der Waals surface area contributed by atoms with Crippen molar-refractivity contribution >= 4 is 80.4 Å². The first-order valence-electron chi connectivity index (χ1n) is 22.8. The lowest BCUT2D eigenvalue weighted by atomic mass is 9.85. The summed E-state index contributed by atoms with van der Waals surface area (Å²) in [6.45, 7) is 8.23. The number of piperazine rings is 1. The zero-order valence-corrected chi connectivity index (χ0v) is 37.3. The number of carbonyl (C=O) groups is 6. The van der Waals surface area contributed by atoms with E-state index in [1.54, 1.807) is 42.2 Å². The van der Waals surface area contributed by atoms with Gasteiger partial charge in [-0.05, 0) is 99.9 Å². The van der Waals surface area contributed by atoms with E-state index in [0.29, 0.717) is 62.1 Å². The van der Waals surface area contributed by atoms with E-state index in [0.717, 1.165) is 4.90 Å². The van der Waals surface area contributed by atoms with Crippen molar-refractivity contribution in [2.45, 2.75) is 89.9 Å². The van der Waals surface area contributed by atoms with Gasteiger partial charge in [0, 0.05) is 62.7 Å². The molecule has 17 nitrogen and oxygen atoms in total. The Morgan fingerprint density at radius 2 is 1.76 bits per heavy atom. The molecule has 5 aromatic rings. The molecule has 3 aromatic heterocycles. The number of nitrogens with zero attached hydrogens (tertiary/aromatic N) is 6. The highest BCUT2D eigenvalue weighted by molar-refractivity contribution is 6.25. The van der Waals surface area contributed by atoms with Crippen LogP contribution < -0.4 is 26.5 Å². The number of imide groups is 2. The van der Waals surface area contributed by atoms with Crippen LogP contribution in [0.4, 0.5) is 20.3 Å². The fourth-order valence-corrected chi connectivity index (χ4v) is 10.4. The topological polar surface area (TPSA) is 209 Å². The standard InChI is InChI=1S/C49H47F2N9O8/c1-4-38(62)57-17-18-58(25(3)23-57)43-30-21-32(51)41-40-31(50)8-6-10-35(40)68-36-20-26(19-24(2)42(36)60(44(30)55-41)49(67)56-43)22-52-45(63)27-11-13-28(14-12-27)53-33-9-5-7-29-39(33)48(66)59(47(29)65)34-15-16-37(61)54-46(34)64/h4-5,7-9,19-21,25,27-28,34,53H,1,6,10-18,22-23H2,2-3H3,(H,52,63)(H,54,61,64)/t25-,27-,28-,34?/m0/s1.